The maximum absolute atomic E-state index is 11.9. The summed E-state index contributed by atoms with van der Waals surface area (Å²) in [6, 6.07) is 0. The molecule has 0 aliphatic heterocycles. The maximum atomic E-state index is 11.9. The Hall–Kier alpha value is -1.26. The Morgan fingerprint density at radius 1 is 1.53 bits per heavy atom. The van der Waals surface area contributed by atoms with Gasteiger partial charge in [0.15, 0.2) is 11.4 Å². The molecule has 0 aromatic carbocycles. The third-order valence-corrected chi connectivity index (χ3v) is 3.66. The van der Waals surface area contributed by atoms with E-state index in [1.807, 2.05) is 19.1 Å². The van der Waals surface area contributed by atoms with Crippen LogP contribution in [0.1, 0.15) is 46.5 Å². The average Bonchev–Trinajstić information content (AvgIpc) is 2.34. The van der Waals surface area contributed by atoms with E-state index in [9.17, 15) is 19.8 Å². The number of carbonyl (C=O) groups excluding carboxylic acids is 2. The van der Waals surface area contributed by atoms with Gasteiger partial charge >= 0.3 is 0 Å². The van der Waals surface area contributed by atoms with Crippen LogP contribution in [0.3, 0.4) is 0 Å². The molecule has 0 saturated heterocycles. The van der Waals surface area contributed by atoms with Crippen molar-refractivity contribution in [1.82, 2.24) is 0 Å². The Morgan fingerprint density at radius 2 is 2.16 bits per heavy atom. The second kappa shape index (κ2) is 6.26. The standard InChI is InChI=1S/C15H22O4/c1-4-5-6-7-12(16)8-11-9-13(17)15(3,19)14(18)10(11)2/h4-5,13,17,19H,6-9H2,1-3H3. The molecule has 0 heterocycles. The van der Waals surface area contributed by atoms with Crippen LogP contribution in [-0.2, 0) is 9.59 Å². The van der Waals surface area contributed by atoms with Crippen molar-refractivity contribution in [1.29, 1.82) is 0 Å². The maximum Gasteiger partial charge on any atom is 0.192 e. The van der Waals surface area contributed by atoms with Crippen LogP contribution in [0.25, 0.3) is 0 Å². The first kappa shape index (κ1) is 15.8. The molecule has 1 rings (SSSR count). The molecule has 2 atom stereocenters. The van der Waals surface area contributed by atoms with Gasteiger partial charge in [-0.05, 0) is 39.2 Å². The zero-order valence-electron chi connectivity index (χ0n) is 11.8. The highest BCUT2D eigenvalue weighted by Crippen LogP contribution is 2.31. The zero-order chi connectivity index (χ0) is 14.6. The van der Waals surface area contributed by atoms with Crippen molar-refractivity contribution >= 4 is 11.6 Å². The number of rotatable bonds is 5. The Labute approximate surface area is 113 Å². The van der Waals surface area contributed by atoms with Crippen molar-refractivity contribution in [2.75, 3.05) is 0 Å². The number of ketones is 2. The number of aliphatic hydroxyl groups excluding tert-OH is 1. The molecular formula is C15H22O4. The van der Waals surface area contributed by atoms with Crippen molar-refractivity contribution in [2.45, 2.75) is 58.2 Å². The molecule has 0 fully saturated rings. The number of allylic oxidation sites excluding steroid dienone is 2. The molecule has 2 unspecified atom stereocenters. The van der Waals surface area contributed by atoms with Crippen molar-refractivity contribution in [3.8, 4) is 0 Å². The fourth-order valence-corrected chi connectivity index (χ4v) is 2.22. The van der Waals surface area contributed by atoms with E-state index in [2.05, 4.69) is 0 Å². The minimum absolute atomic E-state index is 0.0500. The van der Waals surface area contributed by atoms with Gasteiger partial charge in [-0.2, -0.15) is 0 Å². The van der Waals surface area contributed by atoms with Gasteiger partial charge in [-0.25, -0.2) is 0 Å². The van der Waals surface area contributed by atoms with E-state index in [1.54, 1.807) is 6.92 Å². The molecule has 0 radical (unpaired) electrons. The summed E-state index contributed by atoms with van der Waals surface area (Å²) in [5.41, 5.74) is -0.675. The smallest absolute Gasteiger partial charge is 0.192 e. The number of carbonyl (C=O) groups is 2. The van der Waals surface area contributed by atoms with Crippen LogP contribution in [-0.4, -0.2) is 33.5 Å². The van der Waals surface area contributed by atoms with Gasteiger partial charge in [-0.3, -0.25) is 9.59 Å². The van der Waals surface area contributed by atoms with E-state index >= 15 is 0 Å². The lowest BCUT2D eigenvalue weighted by Gasteiger charge is -2.34. The summed E-state index contributed by atoms with van der Waals surface area (Å²) >= 11 is 0. The van der Waals surface area contributed by atoms with Crippen LogP contribution in [0.15, 0.2) is 23.3 Å². The quantitative estimate of drug-likeness (QED) is 0.743. The van der Waals surface area contributed by atoms with E-state index in [1.165, 1.54) is 6.92 Å². The molecule has 0 spiro atoms. The number of aliphatic hydroxyl groups is 2. The van der Waals surface area contributed by atoms with Gasteiger partial charge in [0.25, 0.3) is 0 Å². The Balaban J connectivity index is 2.76. The fourth-order valence-electron chi connectivity index (χ4n) is 2.22. The van der Waals surface area contributed by atoms with Crippen LogP contribution in [0, 0.1) is 0 Å². The molecule has 2 N–H and O–H groups in total. The lowest BCUT2D eigenvalue weighted by Crippen LogP contribution is -2.50. The zero-order valence-corrected chi connectivity index (χ0v) is 11.8. The summed E-state index contributed by atoms with van der Waals surface area (Å²) in [6.45, 7) is 4.82. The first-order chi connectivity index (χ1) is 8.80. The summed E-state index contributed by atoms with van der Waals surface area (Å²) in [5.74, 6) is -0.434. The van der Waals surface area contributed by atoms with Crippen LogP contribution in [0.5, 0.6) is 0 Å². The summed E-state index contributed by atoms with van der Waals surface area (Å²) < 4.78 is 0. The van der Waals surface area contributed by atoms with E-state index in [-0.39, 0.29) is 18.6 Å². The van der Waals surface area contributed by atoms with Gasteiger partial charge < -0.3 is 10.2 Å². The van der Waals surface area contributed by atoms with Gasteiger partial charge in [0.05, 0.1) is 6.10 Å². The highest BCUT2D eigenvalue weighted by Gasteiger charge is 2.43. The summed E-state index contributed by atoms with van der Waals surface area (Å²) in [7, 11) is 0. The predicted molar refractivity (Wildman–Crippen MR) is 72.6 cm³/mol. The molecule has 0 aromatic heterocycles. The molecule has 0 saturated carbocycles. The van der Waals surface area contributed by atoms with E-state index in [0.29, 0.717) is 24.0 Å². The molecule has 4 nitrogen and oxygen atoms in total. The number of hydrogen-bond donors (Lipinski definition) is 2. The second-order valence-corrected chi connectivity index (χ2v) is 5.25. The molecule has 0 bridgehead atoms. The largest absolute Gasteiger partial charge is 0.389 e. The van der Waals surface area contributed by atoms with Crippen LogP contribution in [0.4, 0.5) is 0 Å². The lowest BCUT2D eigenvalue weighted by atomic mass is 9.77. The Kier molecular flexibility index (Phi) is 5.20. The van der Waals surface area contributed by atoms with Crippen molar-refractivity contribution in [2.24, 2.45) is 0 Å². The topological polar surface area (TPSA) is 74.6 Å². The van der Waals surface area contributed by atoms with E-state index in [4.69, 9.17) is 0 Å². The summed E-state index contributed by atoms with van der Waals surface area (Å²) in [6.07, 6.45) is 4.16. The SMILES string of the molecule is CC=CCCC(=O)CC1=C(C)C(=O)C(C)(O)C(O)C1. The molecule has 106 valence electrons. The van der Waals surface area contributed by atoms with Crippen LogP contribution >= 0.6 is 0 Å². The van der Waals surface area contributed by atoms with Crippen molar-refractivity contribution < 1.29 is 19.8 Å². The van der Waals surface area contributed by atoms with Gasteiger partial charge in [0.2, 0.25) is 0 Å². The first-order valence-electron chi connectivity index (χ1n) is 6.57. The predicted octanol–water partition coefficient (Wildman–Crippen LogP) is 1.70. The van der Waals surface area contributed by atoms with Gasteiger partial charge in [0.1, 0.15) is 5.78 Å². The molecule has 1 aliphatic rings. The highest BCUT2D eigenvalue weighted by atomic mass is 16.3. The first-order valence-corrected chi connectivity index (χ1v) is 6.57. The van der Waals surface area contributed by atoms with Gasteiger partial charge in [-0.15, -0.1) is 0 Å². The normalized spacial score (nSPS) is 28.3. The van der Waals surface area contributed by atoms with E-state index in [0.717, 1.165) is 0 Å². The molecule has 19 heavy (non-hydrogen) atoms. The van der Waals surface area contributed by atoms with Crippen molar-refractivity contribution in [3.63, 3.8) is 0 Å². The second-order valence-electron chi connectivity index (χ2n) is 5.25. The number of hydrogen-bond acceptors (Lipinski definition) is 4. The third-order valence-electron chi connectivity index (χ3n) is 3.66. The van der Waals surface area contributed by atoms with Crippen LogP contribution in [0.2, 0.25) is 0 Å². The van der Waals surface area contributed by atoms with Gasteiger partial charge in [0, 0.05) is 12.8 Å². The monoisotopic (exact) mass is 266 g/mol. The summed E-state index contributed by atoms with van der Waals surface area (Å²) in [4.78, 5) is 23.7. The highest BCUT2D eigenvalue weighted by molar-refractivity contribution is 6.03. The van der Waals surface area contributed by atoms with Crippen molar-refractivity contribution in [3.05, 3.63) is 23.3 Å². The number of Topliss-reactive ketones (excluding diaryl/α,β-unsaturated/α-hetero) is 2. The minimum atomic E-state index is -1.73. The molecule has 4 heteroatoms. The lowest BCUT2D eigenvalue weighted by molar-refractivity contribution is -0.145. The Bertz CT molecular complexity index is 429. The molecule has 0 amide bonds. The fraction of sp³-hybridized carbons (Fsp3) is 0.600. The minimum Gasteiger partial charge on any atom is -0.389 e. The van der Waals surface area contributed by atoms with Crippen LogP contribution < -0.4 is 0 Å². The van der Waals surface area contributed by atoms with E-state index < -0.39 is 17.5 Å². The molecule has 0 aromatic rings. The third kappa shape index (κ3) is 3.61. The average molecular weight is 266 g/mol. The van der Waals surface area contributed by atoms with Gasteiger partial charge in [-0.1, -0.05) is 17.7 Å². The summed E-state index contributed by atoms with van der Waals surface area (Å²) in [5, 5.41) is 19.7. The molecule has 1 aliphatic carbocycles. The molecular weight excluding hydrogens is 244 g/mol. The Morgan fingerprint density at radius 3 is 2.74 bits per heavy atom.